The molecule has 0 aliphatic carbocycles. The van der Waals surface area contributed by atoms with Crippen LogP contribution < -0.4 is 15.0 Å². The van der Waals surface area contributed by atoms with Crippen LogP contribution in [0.4, 0.5) is 10.5 Å². The molecule has 6 rings (SSSR count). The maximum atomic E-state index is 14.6. The van der Waals surface area contributed by atoms with Crippen LogP contribution in [0.2, 0.25) is 0 Å². The van der Waals surface area contributed by atoms with Crippen molar-refractivity contribution in [3.8, 4) is 17.0 Å². The van der Waals surface area contributed by atoms with E-state index >= 15 is 0 Å². The zero-order valence-corrected chi connectivity index (χ0v) is 31.6. The molecule has 0 radical (unpaired) electrons. The van der Waals surface area contributed by atoms with Gasteiger partial charge in [-0.1, -0.05) is 66.7 Å². The maximum Gasteiger partial charge on any atom is 0.407 e. The molecule has 274 valence electrons. The Hall–Kier alpha value is -5.83. The molecule has 0 fully saturated rings. The van der Waals surface area contributed by atoms with E-state index in [1.54, 1.807) is 11.9 Å². The van der Waals surface area contributed by atoms with E-state index in [0.717, 1.165) is 40.2 Å². The van der Waals surface area contributed by atoms with Crippen LogP contribution in [0.1, 0.15) is 76.4 Å². The molecule has 1 aliphatic heterocycles. The minimum absolute atomic E-state index is 0.0233. The van der Waals surface area contributed by atoms with Gasteiger partial charge in [0.25, 0.3) is 11.8 Å². The van der Waals surface area contributed by atoms with Gasteiger partial charge < -0.3 is 29.2 Å². The van der Waals surface area contributed by atoms with E-state index in [4.69, 9.17) is 9.47 Å². The van der Waals surface area contributed by atoms with Crippen LogP contribution in [0.25, 0.3) is 11.3 Å². The van der Waals surface area contributed by atoms with Crippen LogP contribution in [0.5, 0.6) is 5.75 Å². The number of alkyl carbamates (subject to hydrolysis) is 1. The summed E-state index contributed by atoms with van der Waals surface area (Å²) in [6, 6.07) is 33.2. The van der Waals surface area contributed by atoms with Gasteiger partial charge in [-0.15, -0.1) is 0 Å². The molecule has 9 nitrogen and oxygen atoms in total. The highest BCUT2D eigenvalue weighted by Gasteiger charge is 2.30. The number of aromatic nitrogens is 1. The van der Waals surface area contributed by atoms with Crippen molar-refractivity contribution in [2.45, 2.75) is 72.4 Å². The molecule has 4 aromatic carbocycles. The van der Waals surface area contributed by atoms with Crippen LogP contribution in [0.3, 0.4) is 0 Å². The molecule has 9 heteroatoms. The Kier molecular flexibility index (Phi) is 10.7. The van der Waals surface area contributed by atoms with Gasteiger partial charge in [-0.05, 0) is 99.7 Å². The third-order valence-electron chi connectivity index (χ3n) is 9.74. The van der Waals surface area contributed by atoms with Crippen molar-refractivity contribution in [3.05, 3.63) is 142 Å². The average molecular weight is 713 g/mol. The molecule has 1 aliphatic rings. The van der Waals surface area contributed by atoms with E-state index in [2.05, 4.69) is 24.4 Å². The van der Waals surface area contributed by atoms with E-state index in [9.17, 15) is 14.4 Å². The Morgan fingerprint density at radius 2 is 1.53 bits per heavy atom. The monoisotopic (exact) mass is 712 g/mol. The second-order valence-electron chi connectivity index (χ2n) is 14.7. The molecule has 53 heavy (non-hydrogen) atoms. The van der Waals surface area contributed by atoms with Crippen LogP contribution in [0, 0.1) is 6.92 Å². The molecule has 0 saturated carbocycles. The van der Waals surface area contributed by atoms with Gasteiger partial charge in [0, 0.05) is 61.4 Å². The summed E-state index contributed by atoms with van der Waals surface area (Å²) in [6.07, 6.45) is 0.223. The number of benzene rings is 4. The summed E-state index contributed by atoms with van der Waals surface area (Å²) in [5, 5.41) is 2.82. The summed E-state index contributed by atoms with van der Waals surface area (Å²) in [5.74, 6) is 0.430. The fourth-order valence-corrected chi connectivity index (χ4v) is 6.67. The van der Waals surface area contributed by atoms with E-state index in [0.29, 0.717) is 35.6 Å². The van der Waals surface area contributed by atoms with Crippen LogP contribution in [-0.4, -0.2) is 46.1 Å². The lowest BCUT2D eigenvalue weighted by Crippen LogP contribution is -2.42. The molecule has 3 amide bonds. The Bertz CT molecular complexity index is 2110. The number of carbonyl (C=O) groups is 3. The van der Waals surface area contributed by atoms with Gasteiger partial charge in [-0.3, -0.25) is 9.59 Å². The van der Waals surface area contributed by atoms with Crippen molar-refractivity contribution in [2.75, 3.05) is 11.9 Å². The smallest absolute Gasteiger partial charge is 0.407 e. The predicted octanol–water partition coefficient (Wildman–Crippen LogP) is 8.47. The number of amides is 3. The molecule has 1 atom stereocenters. The van der Waals surface area contributed by atoms with Gasteiger partial charge >= 0.3 is 6.09 Å². The van der Waals surface area contributed by atoms with Crippen LogP contribution in [0.15, 0.2) is 103 Å². The summed E-state index contributed by atoms with van der Waals surface area (Å²) in [5.41, 5.74) is 7.55. The maximum absolute atomic E-state index is 14.6. The summed E-state index contributed by atoms with van der Waals surface area (Å²) >= 11 is 0. The lowest BCUT2D eigenvalue weighted by atomic mass is 9.93. The standard InChI is InChI=1S/C44H48N4O5/c1-29-23-33-15-11-12-16-34(33)27-48(29)42(50)39-24-32(26-45-43(51)53-44(3,4)5)17-22-37(39)40-25-38(30(2)46(40)6)41(49)47(7)35-18-20-36(21-19-35)52-28-31-13-9-8-10-14-31/h8-22,24-25,29H,23,26-28H2,1-7H3,(H,45,51)/t29-/m1/s1. The Morgan fingerprint density at radius 3 is 2.23 bits per heavy atom. The molecule has 0 spiro atoms. The number of hydrogen-bond donors (Lipinski definition) is 1. The lowest BCUT2D eigenvalue weighted by Gasteiger charge is -2.35. The fourth-order valence-electron chi connectivity index (χ4n) is 6.67. The first-order valence-electron chi connectivity index (χ1n) is 18.0. The SMILES string of the molecule is Cc1c(C(=O)N(C)c2ccc(OCc3ccccc3)cc2)cc(-c2ccc(CNC(=O)OC(C)(C)C)cc2C(=O)N2Cc3ccccc3C[C@H]2C)n1C. The number of ether oxygens (including phenoxy) is 2. The van der Waals surface area contributed by atoms with Crippen LogP contribution >= 0.6 is 0 Å². The van der Waals surface area contributed by atoms with Crippen molar-refractivity contribution in [1.29, 1.82) is 0 Å². The average Bonchev–Trinajstić information content (AvgIpc) is 3.44. The second kappa shape index (κ2) is 15.4. The second-order valence-corrected chi connectivity index (χ2v) is 14.7. The first-order chi connectivity index (χ1) is 25.3. The highest BCUT2D eigenvalue weighted by atomic mass is 16.6. The van der Waals surface area contributed by atoms with Crippen LogP contribution in [-0.2, 0) is 37.9 Å². The quantitative estimate of drug-likeness (QED) is 0.166. The first kappa shape index (κ1) is 36.9. The molecule has 5 aromatic rings. The zero-order chi connectivity index (χ0) is 37.9. The molecule has 2 heterocycles. The molecule has 0 saturated heterocycles. The highest BCUT2D eigenvalue weighted by molar-refractivity contribution is 6.08. The minimum Gasteiger partial charge on any atom is -0.489 e. The van der Waals surface area contributed by atoms with Gasteiger partial charge in [-0.25, -0.2) is 4.79 Å². The summed E-state index contributed by atoms with van der Waals surface area (Å²) < 4.78 is 13.3. The highest BCUT2D eigenvalue weighted by Crippen LogP contribution is 2.33. The molecular weight excluding hydrogens is 665 g/mol. The summed E-state index contributed by atoms with van der Waals surface area (Å²) in [6.45, 7) is 10.6. The predicted molar refractivity (Wildman–Crippen MR) is 208 cm³/mol. The Labute approximate surface area is 312 Å². The van der Waals surface area contributed by atoms with E-state index in [-0.39, 0.29) is 24.4 Å². The zero-order valence-electron chi connectivity index (χ0n) is 31.6. The van der Waals surface area contributed by atoms with E-state index < -0.39 is 11.7 Å². The molecule has 1 N–H and O–H groups in total. The lowest BCUT2D eigenvalue weighted by molar-refractivity contribution is 0.0523. The van der Waals surface area contributed by atoms with Gasteiger partial charge in [-0.2, -0.15) is 0 Å². The number of hydrogen-bond acceptors (Lipinski definition) is 5. The van der Waals surface area contributed by atoms with Gasteiger partial charge in [0.2, 0.25) is 0 Å². The fraction of sp³-hybridized carbons (Fsp3) is 0.295. The normalized spacial score (nSPS) is 13.9. The molecular formula is C44H48N4O5. The number of carbonyl (C=O) groups excluding carboxylic acids is 3. The number of rotatable bonds is 9. The van der Waals surface area contributed by atoms with Crippen molar-refractivity contribution in [1.82, 2.24) is 14.8 Å². The van der Waals surface area contributed by atoms with Gasteiger partial charge in [0.05, 0.1) is 5.56 Å². The van der Waals surface area contributed by atoms with Crippen molar-refractivity contribution in [3.63, 3.8) is 0 Å². The van der Waals surface area contributed by atoms with Crippen molar-refractivity contribution >= 4 is 23.6 Å². The van der Waals surface area contributed by atoms with Gasteiger partial charge in [0.1, 0.15) is 18.0 Å². The number of anilines is 1. The number of fused-ring (bicyclic) bond motifs is 1. The van der Waals surface area contributed by atoms with E-state index in [1.165, 1.54) is 5.56 Å². The summed E-state index contributed by atoms with van der Waals surface area (Å²) in [7, 11) is 3.66. The summed E-state index contributed by atoms with van der Waals surface area (Å²) in [4.78, 5) is 44.7. The first-order valence-corrected chi connectivity index (χ1v) is 18.0. The number of nitrogens with zero attached hydrogens (tertiary/aromatic N) is 3. The van der Waals surface area contributed by atoms with Gasteiger partial charge in [0.15, 0.2) is 0 Å². The minimum atomic E-state index is -0.635. The Morgan fingerprint density at radius 1 is 0.849 bits per heavy atom. The number of nitrogens with one attached hydrogen (secondary N) is 1. The van der Waals surface area contributed by atoms with Crippen molar-refractivity contribution < 1.29 is 23.9 Å². The molecule has 0 unspecified atom stereocenters. The molecule has 1 aromatic heterocycles. The Balaban J connectivity index is 1.28. The molecule has 0 bridgehead atoms. The van der Waals surface area contributed by atoms with E-state index in [1.807, 2.05) is 135 Å². The third-order valence-corrected chi connectivity index (χ3v) is 9.74. The topological polar surface area (TPSA) is 93.1 Å². The largest absolute Gasteiger partial charge is 0.489 e. The van der Waals surface area contributed by atoms with Crippen molar-refractivity contribution in [2.24, 2.45) is 7.05 Å². The third kappa shape index (κ3) is 8.46.